The van der Waals surface area contributed by atoms with Gasteiger partial charge >= 0.3 is 0 Å². The van der Waals surface area contributed by atoms with Crippen molar-refractivity contribution >= 4 is 17.3 Å². The zero-order valence-corrected chi connectivity index (χ0v) is 10.8. The van der Waals surface area contributed by atoms with Crippen molar-refractivity contribution in [2.45, 2.75) is 25.8 Å². The first-order valence-electron chi connectivity index (χ1n) is 6.14. The summed E-state index contributed by atoms with van der Waals surface area (Å²) >= 11 is 5.77. The quantitative estimate of drug-likeness (QED) is 0.875. The highest BCUT2D eigenvalue weighted by Gasteiger charge is 2.18. The molecule has 17 heavy (non-hydrogen) atoms. The highest BCUT2D eigenvalue weighted by atomic mass is 35.5. The first-order chi connectivity index (χ1) is 8.20. The average molecular weight is 257 g/mol. The first kappa shape index (κ1) is 12.7. The lowest BCUT2D eigenvalue weighted by molar-refractivity contribution is 0.525. The van der Waals surface area contributed by atoms with Crippen LogP contribution in [0.25, 0.3) is 0 Å². The van der Waals surface area contributed by atoms with E-state index >= 15 is 0 Å². The van der Waals surface area contributed by atoms with Crippen LogP contribution in [0.1, 0.15) is 19.8 Å². The van der Waals surface area contributed by atoms with Crippen LogP contribution in [0.15, 0.2) is 18.2 Å². The van der Waals surface area contributed by atoms with Gasteiger partial charge < -0.3 is 10.2 Å². The van der Waals surface area contributed by atoms with Gasteiger partial charge in [0.15, 0.2) is 0 Å². The Bertz CT molecular complexity index is 384. The number of halogens is 2. The molecule has 1 fully saturated rings. The van der Waals surface area contributed by atoms with Gasteiger partial charge in [-0.2, -0.15) is 0 Å². The van der Waals surface area contributed by atoms with Crippen molar-refractivity contribution in [2.75, 3.05) is 24.5 Å². The summed E-state index contributed by atoms with van der Waals surface area (Å²) in [6.07, 6.45) is 2.10. The van der Waals surface area contributed by atoms with Gasteiger partial charge in [0.25, 0.3) is 0 Å². The van der Waals surface area contributed by atoms with Crippen molar-refractivity contribution < 1.29 is 4.39 Å². The molecule has 94 valence electrons. The van der Waals surface area contributed by atoms with Crippen LogP contribution in [0.3, 0.4) is 0 Å². The van der Waals surface area contributed by atoms with Crippen LogP contribution in [-0.4, -0.2) is 25.7 Å². The average Bonchev–Trinajstić information content (AvgIpc) is 2.54. The van der Waals surface area contributed by atoms with Gasteiger partial charge in [-0.15, -0.1) is 0 Å². The van der Waals surface area contributed by atoms with Crippen LogP contribution < -0.4 is 10.2 Å². The van der Waals surface area contributed by atoms with Crippen LogP contribution in [0.4, 0.5) is 10.1 Å². The zero-order valence-electron chi connectivity index (χ0n) is 10.0. The number of benzene rings is 1. The summed E-state index contributed by atoms with van der Waals surface area (Å²) in [7, 11) is 0. The number of rotatable bonds is 2. The Morgan fingerprint density at radius 2 is 2.35 bits per heavy atom. The van der Waals surface area contributed by atoms with Gasteiger partial charge in [0.2, 0.25) is 0 Å². The van der Waals surface area contributed by atoms with E-state index in [9.17, 15) is 4.39 Å². The van der Waals surface area contributed by atoms with Crippen LogP contribution >= 0.6 is 11.6 Å². The molecule has 1 atom stereocenters. The Labute approximate surface area is 107 Å². The summed E-state index contributed by atoms with van der Waals surface area (Å²) in [5.74, 6) is -0.228. The van der Waals surface area contributed by atoms with Crippen LogP contribution in [0.5, 0.6) is 0 Å². The van der Waals surface area contributed by atoms with Crippen molar-refractivity contribution in [3.8, 4) is 0 Å². The second-order valence-corrected chi connectivity index (χ2v) is 4.89. The number of nitrogens with zero attached hydrogens (tertiary/aromatic N) is 1. The lowest BCUT2D eigenvalue weighted by Gasteiger charge is -2.26. The minimum atomic E-state index is -0.228. The highest BCUT2D eigenvalue weighted by molar-refractivity contribution is 6.30. The number of anilines is 1. The molecule has 0 bridgehead atoms. The maximum Gasteiger partial charge on any atom is 0.147 e. The molecule has 1 unspecified atom stereocenters. The maximum absolute atomic E-state index is 13.9. The third-order valence-corrected chi connectivity index (χ3v) is 3.46. The molecule has 0 spiro atoms. The lowest BCUT2D eigenvalue weighted by Crippen LogP contribution is -2.37. The number of hydrogen-bond donors (Lipinski definition) is 1. The molecule has 2 nitrogen and oxygen atoms in total. The van der Waals surface area contributed by atoms with Gasteiger partial charge in [0.05, 0.1) is 5.69 Å². The summed E-state index contributed by atoms with van der Waals surface area (Å²) in [4.78, 5) is 2.11. The van der Waals surface area contributed by atoms with Crippen LogP contribution in [-0.2, 0) is 0 Å². The van der Waals surface area contributed by atoms with Gasteiger partial charge in [0.1, 0.15) is 5.82 Å². The van der Waals surface area contributed by atoms with E-state index in [0.29, 0.717) is 16.8 Å². The molecule has 0 aliphatic carbocycles. The maximum atomic E-state index is 13.9. The molecular formula is C13H18ClFN2. The predicted molar refractivity (Wildman–Crippen MR) is 70.3 cm³/mol. The Morgan fingerprint density at radius 3 is 3.06 bits per heavy atom. The van der Waals surface area contributed by atoms with E-state index in [2.05, 4.69) is 17.1 Å². The van der Waals surface area contributed by atoms with Gasteiger partial charge in [-0.1, -0.05) is 18.5 Å². The van der Waals surface area contributed by atoms with Crippen LogP contribution in [0, 0.1) is 5.82 Å². The van der Waals surface area contributed by atoms with Crippen molar-refractivity contribution in [3.05, 3.63) is 29.0 Å². The number of nitrogens with one attached hydrogen (secondary N) is 1. The molecule has 0 radical (unpaired) electrons. The van der Waals surface area contributed by atoms with Crippen molar-refractivity contribution in [3.63, 3.8) is 0 Å². The molecule has 4 heteroatoms. The van der Waals surface area contributed by atoms with E-state index in [1.165, 1.54) is 6.07 Å². The molecule has 1 aromatic carbocycles. The Morgan fingerprint density at radius 1 is 1.53 bits per heavy atom. The molecule has 2 rings (SSSR count). The summed E-state index contributed by atoms with van der Waals surface area (Å²) in [5.41, 5.74) is 0.663. The monoisotopic (exact) mass is 256 g/mol. The summed E-state index contributed by atoms with van der Waals surface area (Å²) in [5, 5.41) is 3.92. The van der Waals surface area contributed by atoms with E-state index in [4.69, 9.17) is 11.6 Å². The molecule has 1 heterocycles. The van der Waals surface area contributed by atoms with Gasteiger partial charge in [-0.05, 0) is 37.6 Å². The lowest BCUT2D eigenvalue weighted by atomic mass is 10.2. The molecule has 1 saturated heterocycles. The topological polar surface area (TPSA) is 15.3 Å². The predicted octanol–water partition coefficient (Wildman–Crippen LogP) is 3.06. The molecule has 1 aromatic rings. The van der Waals surface area contributed by atoms with E-state index in [1.807, 2.05) is 0 Å². The van der Waals surface area contributed by atoms with E-state index < -0.39 is 0 Å². The smallest absolute Gasteiger partial charge is 0.147 e. The van der Waals surface area contributed by atoms with Crippen molar-refractivity contribution in [1.29, 1.82) is 0 Å². The largest absolute Gasteiger partial charge is 0.368 e. The molecule has 0 amide bonds. The SMILES string of the molecule is CCC1CN(c2ccc(Cl)cc2F)CCCN1. The molecule has 0 aromatic heterocycles. The molecule has 0 saturated carbocycles. The Hall–Kier alpha value is -0.800. The van der Waals surface area contributed by atoms with Crippen molar-refractivity contribution in [1.82, 2.24) is 5.32 Å². The summed E-state index contributed by atoms with van der Waals surface area (Å²) in [6.45, 7) is 4.90. The number of hydrogen-bond acceptors (Lipinski definition) is 2. The Kier molecular flexibility index (Phi) is 4.24. The fraction of sp³-hybridized carbons (Fsp3) is 0.538. The van der Waals surface area contributed by atoms with E-state index in [0.717, 1.165) is 32.5 Å². The van der Waals surface area contributed by atoms with Gasteiger partial charge in [-0.25, -0.2) is 4.39 Å². The van der Waals surface area contributed by atoms with Gasteiger partial charge in [0, 0.05) is 24.2 Å². The van der Waals surface area contributed by atoms with Crippen LogP contribution in [0.2, 0.25) is 5.02 Å². The highest BCUT2D eigenvalue weighted by Crippen LogP contribution is 2.24. The van der Waals surface area contributed by atoms with Crippen molar-refractivity contribution in [2.24, 2.45) is 0 Å². The third-order valence-electron chi connectivity index (χ3n) is 3.22. The summed E-state index contributed by atoms with van der Waals surface area (Å²) < 4.78 is 13.9. The second-order valence-electron chi connectivity index (χ2n) is 4.45. The zero-order chi connectivity index (χ0) is 12.3. The molecular weight excluding hydrogens is 239 g/mol. The molecule has 1 N–H and O–H groups in total. The fourth-order valence-corrected chi connectivity index (χ4v) is 2.39. The summed E-state index contributed by atoms with van der Waals surface area (Å²) in [6, 6.07) is 5.35. The van der Waals surface area contributed by atoms with E-state index in [-0.39, 0.29) is 5.82 Å². The standard InChI is InChI=1S/C13H18ClFN2/c1-2-11-9-17(7-3-6-16-11)13-5-4-10(14)8-12(13)15/h4-5,8,11,16H,2-3,6-7,9H2,1H3. The first-order valence-corrected chi connectivity index (χ1v) is 6.52. The van der Waals surface area contributed by atoms with Gasteiger partial charge in [-0.3, -0.25) is 0 Å². The Balaban J connectivity index is 2.19. The fourth-order valence-electron chi connectivity index (χ4n) is 2.23. The minimum Gasteiger partial charge on any atom is -0.368 e. The normalized spacial score (nSPS) is 21.4. The second kappa shape index (κ2) is 5.69. The van der Waals surface area contributed by atoms with E-state index in [1.54, 1.807) is 12.1 Å². The minimum absolute atomic E-state index is 0.228. The molecule has 1 aliphatic rings. The third kappa shape index (κ3) is 3.11. The molecule has 1 aliphatic heterocycles.